The van der Waals surface area contributed by atoms with Crippen LogP contribution in [0.5, 0.6) is 0 Å². The molecule has 3 N–H and O–H groups in total. The predicted molar refractivity (Wildman–Crippen MR) is 62.8 cm³/mol. The number of rotatable bonds is 2. The lowest BCUT2D eigenvalue weighted by molar-refractivity contribution is 0.991. The van der Waals surface area contributed by atoms with Crippen LogP contribution in [0, 0.1) is 0 Å². The van der Waals surface area contributed by atoms with Gasteiger partial charge in [0, 0.05) is 12.0 Å². The van der Waals surface area contributed by atoms with Crippen molar-refractivity contribution >= 4 is 17.3 Å². The summed E-state index contributed by atoms with van der Waals surface area (Å²) in [4.78, 5) is 7.45. The van der Waals surface area contributed by atoms with E-state index in [2.05, 4.69) is 16.9 Å². The normalized spacial score (nSPS) is 10.5. The number of nitrogens with two attached hydrogens (primary N) is 1. The number of nitrogens with one attached hydrogen (secondary N) is 1. The molecule has 15 heavy (non-hydrogen) atoms. The van der Waals surface area contributed by atoms with E-state index in [1.807, 2.05) is 18.3 Å². The van der Waals surface area contributed by atoms with Gasteiger partial charge in [0.1, 0.15) is 5.82 Å². The summed E-state index contributed by atoms with van der Waals surface area (Å²) < 4.78 is 0. The summed E-state index contributed by atoms with van der Waals surface area (Å²) in [5.74, 6) is 0.971. The van der Waals surface area contributed by atoms with Crippen molar-refractivity contribution in [2.24, 2.45) is 0 Å². The van der Waals surface area contributed by atoms with E-state index in [1.165, 1.54) is 0 Å². The smallest absolute Gasteiger partial charge is 0.106 e. The molecule has 0 aliphatic heterocycles. The minimum absolute atomic E-state index is 0.578. The van der Waals surface area contributed by atoms with E-state index in [1.54, 1.807) is 6.07 Å². The number of aromatic nitrogens is 2. The minimum atomic E-state index is 0.578. The van der Waals surface area contributed by atoms with E-state index in [0.29, 0.717) is 10.7 Å². The Balaban J connectivity index is 2.40. The SMILES string of the molecule is CCc1ncc(-c2ccc(Cl)c(N)c2)[nH]1. The lowest BCUT2D eigenvalue weighted by Gasteiger charge is -2.01. The van der Waals surface area contributed by atoms with Crippen LogP contribution in [0.1, 0.15) is 12.7 Å². The summed E-state index contributed by atoms with van der Waals surface area (Å²) in [5.41, 5.74) is 8.29. The maximum absolute atomic E-state index is 5.85. The highest BCUT2D eigenvalue weighted by Crippen LogP contribution is 2.25. The molecule has 0 fully saturated rings. The van der Waals surface area contributed by atoms with Crippen molar-refractivity contribution in [1.82, 2.24) is 9.97 Å². The highest BCUT2D eigenvalue weighted by molar-refractivity contribution is 6.33. The first-order valence-electron chi connectivity index (χ1n) is 4.80. The molecule has 0 radical (unpaired) electrons. The monoisotopic (exact) mass is 221 g/mol. The number of benzene rings is 1. The standard InChI is InChI=1S/C11H12ClN3/c1-2-11-14-6-10(15-11)7-3-4-8(12)9(13)5-7/h3-6H,2,13H2,1H3,(H,14,15). The van der Waals surface area contributed by atoms with E-state index in [0.717, 1.165) is 23.5 Å². The van der Waals surface area contributed by atoms with Gasteiger partial charge in [-0.3, -0.25) is 0 Å². The van der Waals surface area contributed by atoms with Crippen molar-refractivity contribution in [3.05, 3.63) is 35.2 Å². The second-order valence-corrected chi connectivity index (χ2v) is 3.74. The van der Waals surface area contributed by atoms with Crippen molar-refractivity contribution in [1.29, 1.82) is 0 Å². The molecule has 0 saturated heterocycles. The summed E-state index contributed by atoms with van der Waals surface area (Å²) in [6, 6.07) is 5.56. The van der Waals surface area contributed by atoms with Crippen LogP contribution in [0.3, 0.4) is 0 Å². The van der Waals surface area contributed by atoms with Crippen molar-refractivity contribution in [2.45, 2.75) is 13.3 Å². The molecule has 0 amide bonds. The lowest BCUT2D eigenvalue weighted by Crippen LogP contribution is -1.87. The molecular formula is C11H12ClN3. The Morgan fingerprint density at radius 1 is 1.47 bits per heavy atom. The second-order valence-electron chi connectivity index (χ2n) is 3.33. The molecule has 2 aromatic rings. The van der Waals surface area contributed by atoms with Crippen LogP contribution in [0.25, 0.3) is 11.3 Å². The van der Waals surface area contributed by atoms with Gasteiger partial charge in [-0.2, -0.15) is 0 Å². The number of hydrogen-bond acceptors (Lipinski definition) is 2. The Morgan fingerprint density at radius 3 is 2.87 bits per heavy atom. The minimum Gasteiger partial charge on any atom is -0.398 e. The van der Waals surface area contributed by atoms with E-state index >= 15 is 0 Å². The summed E-state index contributed by atoms with van der Waals surface area (Å²) in [6.45, 7) is 2.05. The molecule has 3 nitrogen and oxygen atoms in total. The molecule has 1 aromatic heterocycles. The van der Waals surface area contributed by atoms with E-state index in [4.69, 9.17) is 17.3 Å². The van der Waals surface area contributed by atoms with E-state index in [-0.39, 0.29) is 0 Å². The highest BCUT2D eigenvalue weighted by atomic mass is 35.5. The second kappa shape index (κ2) is 3.95. The molecule has 0 aliphatic carbocycles. The Labute approximate surface area is 93.3 Å². The molecule has 0 atom stereocenters. The molecule has 4 heteroatoms. The quantitative estimate of drug-likeness (QED) is 0.767. The number of aryl methyl sites for hydroxylation is 1. The molecule has 0 saturated carbocycles. The largest absolute Gasteiger partial charge is 0.398 e. The molecule has 0 spiro atoms. The van der Waals surface area contributed by atoms with Crippen LogP contribution in [-0.4, -0.2) is 9.97 Å². The summed E-state index contributed by atoms with van der Waals surface area (Å²) >= 11 is 5.85. The van der Waals surface area contributed by atoms with Gasteiger partial charge in [-0.15, -0.1) is 0 Å². The molecule has 0 aliphatic rings. The number of halogens is 1. The third kappa shape index (κ3) is 1.97. The number of H-pyrrole nitrogens is 1. The van der Waals surface area contributed by atoms with Gasteiger partial charge in [0.2, 0.25) is 0 Å². The molecule has 0 bridgehead atoms. The number of nitrogen functional groups attached to an aromatic ring is 1. The summed E-state index contributed by atoms with van der Waals surface area (Å²) in [5, 5.41) is 0.578. The zero-order chi connectivity index (χ0) is 10.8. The van der Waals surface area contributed by atoms with Gasteiger partial charge in [-0.05, 0) is 12.1 Å². The first-order chi connectivity index (χ1) is 7.20. The van der Waals surface area contributed by atoms with Gasteiger partial charge < -0.3 is 10.7 Å². The maximum Gasteiger partial charge on any atom is 0.106 e. The number of anilines is 1. The van der Waals surface area contributed by atoms with Gasteiger partial charge in [-0.25, -0.2) is 4.98 Å². The van der Waals surface area contributed by atoms with Gasteiger partial charge in [0.05, 0.1) is 22.6 Å². The number of aromatic amines is 1. The predicted octanol–water partition coefficient (Wildman–Crippen LogP) is 2.87. The van der Waals surface area contributed by atoms with E-state index in [9.17, 15) is 0 Å². The third-order valence-corrected chi connectivity index (χ3v) is 2.61. The Kier molecular flexibility index (Phi) is 2.64. The Morgan fingerprint density at radius 2 is 2.27 bits per heavy atom. The van der Waals surface area contributed by atoms with Crippen LogP contribution in [0.15, 0.2) is 24.4 Å². The van der Waals surface area contributed by atoms with Crippen molar-refractivity contribution in [3.8, 4) is 11.3 Å². The van der Waals surface area contributed by atoms with Gasteiger partial charge in [0.25, 0.3) is 0 Å². The molecule has 2 rings (SSSR count). The fraction of sp³-hybridized carbons (Fsp3) is 0.182. The van der Waals surface area contributed by atoms with Crippen LogP contribution >= 0.6 is 11.6 Å². The summed E-state index contributed by atoms with van der Waals surface area (Å²) in [6.07, 6.45) is 2.70. The van der Waals surface area contributed by atoms with Gasteiger partial charge in [-0.1, -0.05) is 24.6 Å². The van der Waals surface area contributed by atoms with Crippen molar-refractivity contribution < 1.29 is 0 Å². The molecule has 0 unspecified atom stereocenters. The zero-order valence-corrected chi connectivity index (χ0v) is 9.17. The zero-order valence-electron chi connectivity index (χ0n) is 8.42. The van der Waals surface area contributed by atoms with Crippen LogP contribution in [0.4, 0.5) is 5.69 Å². The number of hydrogen-bond donors (Lipinski definition) is 2. The molecule has 78 valence electrons. The molecule has 1 aromatic carbocycles. The van der Waals surface area contributed by atoms with Gasteiger partial charge in [0.15, 0.2) is 0 Å². The van der Waals surface area contributed by atoms with Crippen molar-refractivity contribution in [2.75, 3.05) is 5.73 Å². The average Bonchev–Trinajstić information content (AvgIpc) is 2.70. The van der Waals surface area contributed by atoms with Crippen LogP contribution in [-0.2, 0) is 6.42 Å². The van der Waals surface area contributed by atoms with Crippen molar-refractivity contribution in [3.63, 3.8) is 0 Å². The molecule has 1 heterocycles. The number of nitrogens with zero attached hydrogens (tertiary/aromatic N) is 1. The first kappa shape index (κ1) is 10.1. The van der Waals surface area contributed by atoms with Gasteiger partial charge >= 0.3 is 0 Å². The topological polar surface area (TPSA) is 54.7 Å². The molecular weight excluding hydrogens is 210 g/mol. The van der Waals surface area contributed by atoms with Crippen LogP contribution < -0.4 is 5.73 Å². The Hall–Kier alpha value is -1.48. The lowest BCUT2D eigenvalue weighted by atomic mass is 10.1. The maximum atomic E-state index is 5.85. The number of imidazole rings is 1. The Bertz CT molecular complexity index is 476. The fourth-order valence-electron chi connectivity index (χ4n) is 1.40. The fourth-order valence-corrected chi connectivity index (χ4v) is 1.52. The average molecular weight is 222 g/mol. The summed E-state index contributed by atoms with van der Waals surface area (Å²) in [7, 11) is 0. The van der Waals surface area contributed by atoms with Crippen LogP contribution in [0.2, 0.25) is 5.02 Å². The first-order valence-corrected chi connectivity index (χ1v) is 5.17. The third-order valence-electron chi connectivity index (χ3n) is 2.27. The highest BCUT2D eigenvalue weighted by Gasteiger charge is 2.04. The van der Waals surface area contributed by atoms with E-state index < -0.39 is 0 Å².